The van der Waals surface area contributed by atoms with E-state index in [1.54, 1.807) is 0 Å². The number of benzene rings is 1. The lowest BCUT2D eigenvalue weighted by molar-refractivity contribution is -0.181. The first-order valence-electron chi connectivity index (χ1n) is 9.60. The molecule has 5 rings (SSSR count). The zero-order valence-electron chi connectivity index (χ0n) is 14.6. The van der Waals surface area contributed by atoms with Crippen molar-refractivity contribution in [1.82, 2.24) is 10.2 Å². The normalized spacial score (nSPS) is 32.2. The molecule has 0 radical (unpaired) electrons. The molecule has 1 aromatic carbocycles. The molecule has 1 saturated carbocycles. The number of hydrogen-bond donors (Lipinski definition) is 1. The number of fused-ring (bicyclic) bond motifs is 2. The number of carbonyl (C=O) groups is 1. The fourth-order valence-electron chi connectivity index (χ4n) is 5.16. The van der Waals surface area contributed by atoms with Gasteiger partial charge >= 0.3 is 6.03 Å². The molecule has 2 spiro atoms. The van der Waals surface area contributed by atoms with Crippen molar-refractivity contribution in [3.05, 3.63) is 35.4 Å². The van der Waals surface area contributed by atoms with Gasteiger partial charge in [0.1, 0.15) is 0 Å². The van der Waals surface area contributed by atoms with Crippen LogP contribution in [0.15, 0.2) is 24.3 Å². The Labute approximate surface area is 148 Å². The van der Waals surface area contributed by atoms with E-state index < -0.39 is 5.79 Å². The Balaban J connectivity index is 1.14. The van der Waals surface area contributed by atoms with E-state index in [-0.39, 0.29) is 6.03 Å². The summed E-state index contributed by atoms with van der Waals surface area (Å²) in [4.78, 5) is 14.4. The Morgan fingerprint density at radius 2 is 1.92 bits per heavy atom. The molecule has 2 heterocycles. The number of ether oxygens (including phenoxy) is 2. The quantitative estimate of drug-likeness (QED) is 0.898. The van der Waals surface area contributed by atoms with Gasteiger partial charge in [-0.15, -0.1) is 0 Å². The van der Waals surface area contributed by atoms with Crippen LogP contribution >= 0.6 is 0 Å². The number of aryl methyl sites for hydroxylation is 1. The van der Waals surface area contributed by atoms with E-state index in [9.17, 15) is 4.79 Å². The van der Waals surface area contributed by atoms with Gasteiger partial charge in [0.2, 0.25) is 0 Å². The summed E-state index contributed by atoms with van der Waals surface area (Å²) >= 11 is 0. The van der Waals surface area contributed by atoms with E-state index in [1.807, 2.05) is 4.90 Å². The maximum atomic E-state index is 12.5. The zero-order valence-corrected chi connectivity index (χ0v) is 14.6. The predicted octanol–water partition coefficient (Wildman–Crippen LogP) is 2.44. The number of nitrogens with one attached hydrogen (secondary N) is 1. The average molecular weight is 342 g/mol. The summed E-state index contributed by atoms with van der Waals surface area (Å²) in [6.45, 7) is 3.58. The highest BCUT2D eigenvalue weighted by molar-refractivity contribution is 5.74. The van der Waals surface area contributed by atoms with Gasteiger partial charge in [0, 0.05) is 37.9 Å². The lowest BCUT2D eigenvalue weighted by Crippen LogP contribution is -2.50. The molecule has 2 saturated heterocycles. The number of urea groups is 1. The lowest BCUT2D eigenvalue weighted by Gasteiger charge is -2.37. The summed E-state index contributed by atoms with van der Waals surface area (Å²) in [5.74, 6) is 0.183. The Morgan fingerprint density at radius 3 is 2.72 bits per heavy atom. The predicted molar refractivity (Wildman–Crippen MR) is 93.4 cm³/mol. The van der Waals surface area contributed by atoms with Gasteiger partial charge in [0.05, 0.1) is 13.2 Å². The molecule has 2 aliphatic heterocycles. The second-order valence-electron chi connectivity index (χ2n) is 8.00. The molecule has 1 aromatic rings. The van der Waals surface area contributed by atoms with Crippen LogP contribution in [0.1, 0.15) is 36.8 Å². The molecular formula is C20H26N2O3. The fraction of sp³-hybridized carbons (Fsp3) is 0.650. The van der Waals surface area contributed by atoms with Crippen LogP contribution in [0, 0.1) is 5.92 Å². The standard InChI is InChI=1S/C20H26N2O3/c23-18(22-9-7-20(8-10-22)24-11-12-25-20)21-14-16-13-19(16)6-5-15-3-1-2-4-17(15)19/h1-4,16H,5-14H2,(H,21,23). The highest BCUT2D eigenvalue weighted by Crippen LogP contribution is 2.61. The third kappa shape index (κ3) is 2.56. The van der Waals surface area contributed by atoms with Crippen molar-refractivity contribution in [2.24, 2.45) is 5.92 Å². The summed E-state index contributed by atoms with van der Waals surface area (Å²) in [7, 11) is 0. The molecule has 0 bridgehead atoms. The van der Waals surface area contributed by atoms with E-state index in [0.717, 1.165) is 19.4 Å². The van der Waals surface area contributed by atoms with Gasteiger partial charge in [0.25, 0.3) is 0 Å². The molecule has 5 nitrogen and oxygen atoms in total. The Kier molecular flexibility index (Phi) is 3.57. The highest BCUT2D eigenvalue weighted by atomic mass is 16.7. The number of amides is 2. The summed E-state index contributed by atoms with van der Waals surface area (Å²) in [6.07, 6.45) is 5.21. The molecule has 2 unspecified atom stereocenters. The molecule has 25 heavy (non-hydrogen) atoms. The second-order valence-corrected chi connectivity index (χ2v) is 8.00. The number of piperidine rings is 1. The minimum Gasteiger partial charge on any atom is -0.347 e. The van der Waals surface area contributed by atoms with Crippen molar-refractivity contribution in [1.29, 1.82) is 0 Å². The summed E-state index contributed by atoms with van der Waals surface area (Å²) < 4.78 is 11.5. The largest absolute Gasteiger partial charge is 0.347 e. The van der Waals surface area contributed by atoms with Gasteiger partial charge in [-0.1, -0.05) is 24.3 Å². The number of nitrogens with zero attached hydrogens (tertiary/aromatic N) is 1. The van der Waals surface area contributed by atoms with Crippen LogP contribution in [0.2, 0.25) is 0 Å². The van der Waals surface area contributed by atoms with Crippen molar-refractivity contribution in [2.75, 3.05) is 32.8 Å². The molecule has 3 fully saturated rings. The molecule has 134 valence electrons. The summed E-state index contributed by atoms with van der Waals surface area (Å²) in [5, 5.41) is 3.18. The first-order chi connectivity index (χ1) is 12.2. The SMILES string of the molecule is O=C(NCC1CC12CCc1ccccc12)N1CCC2(CC1)OCCO2. The monoisotopic (exact) mass is 342 g/mol. The smallest absolute Gasteiger partial charge is 0.317 e. The molecule has 5 heteroatoms. The Morgan fingerprint density at radius 1 is 1.16 bits per heavy atom. The van der Waals surface area contributed by atoms with Crippen LogP contribution in [0.4, 0.5) is 4.79 Å². The van der Waals surface area contributed by atoms with Crippen LogP contribution in [-0.4, -0.2) is 49.6 Å². The number of carbonyl (C=O) groups excluding carboxylic acids is 1. The Hall–Kier alpha value is -1.59. The van der Waals surface area contributed by atoms with Gasteiger partial charge in [-0.2, -0.15) is 0 Å². The molecule has 2 aliphatic carbocycles. The third-order valence-corrected chi connectivity index (χ3v) is 6.75. The molecule has 2 atom stereocenters. The number of likely N-dealkylation sites (tertiary alicyclic amines) is 1. The van der Waals surface area contributed by atoms with Gasteiger partial charge in [-0.05, 0) is 36.3 Å². The van der Waals surface area contributed by atoms with Crippen molar-refractivity contribution in [3.8, 4) is 0 Å². The molecule has 0 aromatic heterocycles. The highest BCUT2D eigenvalue weighted by Gasteiger charge is 2.57. The van der Waals surface area contributed by atoms with Crippen LogP contribution in [-0.2, 0) is 21.3 Å². The minimum atomic E-state index is -0.412. The first-order valence-corrected chi connectivity index (χ1v) is 9.60. The maximum absolute atomic E-state index is 12.5. The second kappa shape index (κ2) is 5.71. The summed E-state index contributed by atoms with van der Waals surface area (Å²) in [5.41, 5.74) is 3.39. The van der Waals surface area contributed by atoms with Crippen molar-refractivity contribution >= 4 is 6.03 Å². The van der Waals surface area contributed by atoms with Gasteiger partial charge in [-0.25, -0.2) is 4.79 Å². The van der Waals surface area contributed by atoms with E-state index >= 15 is 0 Å². The topological polar surface area (TPSA) is 50.8 Å². The van der Waals surface area contributed by atoms with Crippen molar-refractivity contribution in [2.45, 2.75) is 43.3 Å². The molecular weight excluding hydrogens is 316 g/mol. The van der Waals surface area contributed by atoms with Crippen LogP contribution in [0.3, 0.4) is 0 Å². The van der Waals surface area contributed by atoms with Crippen LogP contribution < -0.4 is 5.32 Å². The number of hydrogen-bond acceptors (Lipinski definition) is 3. The van der Waals surface area contributed by atoms with Gasteiger partial charge < -0.3 is 19.7 Å². The van der Waals surface area contributed by atoms with E-state index in [2.05, 4.69) is 29.6 Å². The average Bonchev–Trinajstić information content (AvgIpc) is 2.96. The van der Waals surface area contributed by atoms with E-state index in [0.29, 0.717) is 37.6 Å². The third-order valence-electron chi connectivity index (χ3n) is 6.75. The van der Waals surface area contributed by atoms with Crippen LogP contribution in [0.25, 0.3) is 0 Å². The van der Waals surface area contributed by atoms with E-state index in [4.69, 9.17) is 9.47 Å². The van der Waals surface area contributed by atoms with Crippen molar-refractivity contribution < 1.29 is 14.3 Å². The fourth-order valence-corrected chi connectivity index (χ4v) is 5.16. The van der Waals surface area contributed by atoms with E-state index in [1.165, 1.54) is 30.4 Å². The lowest BCUT2D eigenvalue weighted by atomic mass is 9.95. The first kappa shape index (κ1) is 15.6. The molecule has 2 amide bonds. The molecule has 1 N–H and O–H groups in total. The zero-order chi connectivity index (χ0) is 16.9. The van der Waals surface area contributed by atoms with Gasteiger partial charge in [0.15, 0.2) is 5.79 Å². The van der Waals surface area contributed by atoms with Crippen LogP contribution in [0.5, 0.6) is 0 Å². The maximum Gasteiger partial charge on any atom is 0.317 e. The molecule has 4 aliphatic rings. The summed E-state index contributed by atoms with van der Waals surface area (Å²) in [6, 6.07) is 8.90. The minimum absolute atomic E-state index is 0.0705. The van der Waals surface area contributed by atoms with Gasteiger partial charge in [-0.3, -0.25) is 0 Å². The van der Waals surface area contributed by atoms with Crippen molar-refractivity contribution in [3.63, 3.8) is 0 Å². The number of rotatable bonds is 2. The Bertz CT molecular complexity index is 675.